The maximum Gasteiger partial charge on any atom is 0.270 e. The number of thioether (sulfide) groups is 1. The van der Waals surface area contributed by atoms with Gasteiger partial charge in [-0.15, -0.1) is 22.7 Å². The Morgan fingerprint density at radius 2 is 2.13 bits per heavy atom. The van der Waals surface area contributed by atoms with E-state index in [0.29, 0.717) is 30.2 Å². The Kier molecular flexibility index (Phi) is 10.6. The Bertz CT molecular complexity index is 839. The van der Waals surface area contributed by atoms with Crippen LogP contribution < -0.4 is 16.4 Å². The summed E-state index contributed by atoms with van der Waals surface area (Å²) in [5.74, 6) is 0.729. The number of nitrogens with zero attached hydrogens (tertiary/aromatic N) is 3. The topological polar surface area (TPSA) is 132 Å². The number of thiazole rings is 2. The normalized spacial score (nSPS) is 12.1. The molecule has 9 nitrogen and oxygen atoms in total. The lowest BCUT2D eigenvalue weighted by Gasteiger charge is -2.09. The molecule has 0 aliphatic heterocycles. The average Bonchev–Trinajstić information content (AvgIpc) is 3.39. The van der Waals surface area contributed by atoms with Gasteiger partial charge in [-0.05, 0) is 25.4 Å². The molecule has 2 aromatic heterocycles. The van der Waals surface area contributed by atoms with Crippen LogP contribution in [0.4, 0.5) is 0 Å². The molecule has 0 saturated heterocycles. The zero-order chi connectivity index (χ0) is 21.8. The molecule has 30 heavy (non-hydrogen) atoms. The second-order valence-corrected chi connectivity index (χ2v) is 9.03. The fourth-order valence-electron chi connectivity index (χ4n) is 2.35. The fraction of sp³-hybridized carbons (Fsp3) is 0.500. The molecule has 2 heterocycles. The summed E-state index contributed by atoms with van der Waals surface area (Å²) in [6, 6.07) is 0. The quantitative estimate of drug-likeness (QED) is 0.177. The predicted molar refractivity (Wildman–Crippen MR) is 123 cm³/mol. The highest BCUT2D eigenvalue weighted by Gasteiger charge is 2.14. The monoisotopic (exact) mass is 470 g/mol. The lowest BCUT2D eigenvalue weighted by Crippen LogP contribution is -2.28. The standard InChI is InChI=1S/C18H26N6O3S3/c1-12(27-22-11-19)8-15(25)20-6-4-16-23-14(10-29-16)18-24-13(9-30-18)17(26)21-5-3-7-28-2/h9-12H,3-8H2,1-2H3,(H2,19,22)(H,20,25)(H,21,26). The number of carbonyl (C=O) groups excluding carboxylic acids is 2. The molecule has 2 rings (SSSR count). The number of aromatic nitrogens is 2. The number of oxime groups is 1. The molecule has 4 N–H and O–H groups in total. The van der Waals surface area contributed by atoms with Crippen molar-refractivity contribution in [2.45, 2.75) is 32.3 Å². The van der Waals surface area contributed by atoms with Crippen molar-refractivity contribution in [1.82, 2.24) is 20.6 Å². The smallest absolute Gasteiger partial charge is 0.270 e. The van der Waals surface area contributed by atoms with Crippen LogP contribution in [0.3, 0.4) is 0 Å². The van der Waals surface area contributed by atoms with E-state index >= 15 is 0 Å². The zero-order valence-corrected chi connectivity index (χ0v) is 19.4. The molecule has 0 fully saturated rings. The average molecular weight is 471 g/mol. The van der Waals surface area contributed by atoms with E-state index in [1.165, 1.54) is 22.7 Å². The number of rotatable bonds is 13. The molecule has 2 aromatic rings. The molecule has 0 radical (unpaired) electrons. The number of hydrogen-bond donors (Lipinski definition) is 3. The third-order valence-electron chi connectivity index (χ3n) is 3.75. The lowest BCUT2D eigenvalue weighted by atomic mass is 10.2. The van der Waals surface area contributed by atoms with E-state index < -0.39 is 0 Å². The van der Waals surface area contributed by atoms with Crippen LogP contribution >= 0.6 is 34.4 Å². The summed E-state index contributed by atoms with van der Waals surface area (Å²) in [6.07, 6.45) is 4.48. The van der Waals surface area contributed by atoms with Crippen molar-refractivity contribution in [2.24, 2.45) is 10.9 Å². The van der Waals surface area contributed by atoms with E-state index in [1.807, 2.05) is 11.6 Å². The highest BCUT2D eigenvalue weighted by molar-refractivity contribution is 7.98. The Hall–Kier alpha value is -2.18. The third-order valence-corrected chi connectivity index (χ3v) is 6.22. The first-order valence-corrected chi connectivity index (χ1v) is 12.5. The first-order valence-electron chi connectivity index (χ1n) is 9.37. The van der Waals surface area contributed by atoms with E-state index in [1.54, 1.807) is 24.1 Å². The van der Waals surface area contributed by atoms with Gasteiger partial charge in [-0.1, -0.05) is 5.16 Å². The van der Waals surface area contributed by atoms with Crippen molar-refractivity contribution in [3.8, 4) is 10.7 Å². The van der Waals surface area contributed by atoms with Gasteiger partial charge in [0.15, 0.2) is 0 Å². The summed E-state index contributed by atoms with van der Waals surface area (Å²) in [4.78, 5) is 37.9. The van der Waals surface area contributed by atoms with Gasteiger partial charge in [0.25, 0.3) is 5.91 Å². The second-order valence-electron chi connectivity index (χ2n) is 6.24. The van der Waals surface area contributed by atoms with Crippen LogP contribution in [0.15, 0.2) is 15.9 Å². The number of amides is 2. The van der Waals surface area contributed by atoms with Gasteiger partial charge in [-0.2, -0.15) is 11.8 Å². The third kappa shape index (κ3) is 8.28. The number of nitrogens with two attached hydrogens (primary N) is 1. The summed E-state index contributed by atoms with van der Waals surface area (Å²) in [6.45, 7) is 2.86. The van der Waals surface area contributed by atoms with Crippen molar-refractivity contribution < 1.29 is 14.4 Å². The van der Waals surface area contributed by atoms with Gasteiger partial charge < -0.3 is 21.2 Å². The van der Waals surface area contributed by atoms with Gasteiger partial charge in [0.1, 0.15) is 28.8 Å². The lowest BCUT2D eigenvalue weighted by molar-refractivity contribution is -0.123. The Morgan fingerprint density at radius 3 is 2.90 bits per heavy atom. The molecule has 0 aliphatic rings. The molecule has 0 aromatic carbocycles. The van der Waals surface area contributed by atoms with Crippen molar-refractivity contribution >= 4 is 52.6 Å². The highest BCUT2D eigenvalue weighted by atomic mass is 32.2. The molecule has 1 atom stereocenters. The minimum atomic E-state index is -0.349. The zero-order valence-electron chi connectivity index (χ0n) is 16.9. The molecule has 12 heteroatoms. The van der Waals surface area contributed by atoms with Gasteiger partial charge in [0.05, 0.1) is 11.4 Å². The maximum atomic E-state index is 12.1. The molecule has 0 bridgehead atoms. The van der Waals surface area contributed by atoms with Crippen LogP contribution in [0.1, 0.15) is 35.3 Å². The van der Waals surface area contributed by atoms with E-state index in [0.717, 1.165) is 29.2 Å². The first kappa shape index (κ1) is 24.1. The van der Waals surface area contributed by atoms with Crippen LogP contribution in [0, 0.1) is 0 Å². The van der Waals surface area contributed by atoms with Gasteiger partial charge >= 0.3 is 0 Å². The van der Waals surface area contributed by atoms with Crippen LogP contribution in [0.2, 0.25) is 0 Å². The molecule has 2 amide bonds. The molecular weight excluding hydrogens is 444 g/mol. The van der Waals surface area contributed by atoms with Crippen molar-refractivity contribution in [2.75, 3.05) is 25.1 Å². The Labute approximate surface area is 187 Å². The van der Waals surface area contributed by atoms with E-state index in [4.69, 9.17) is 10.6 Å². The predicted octanol–water partition coefficient (Wildman–Crippen LogP) is 2.11. The second kappa shape index (κ2) is 13.2. The van der Waals surface area contributed by atoms with E-state index in [2.05, 4.69) is 25.8 Å². The van der Waals surface area contributed by atoms with Gasteiger partial charge in [-0.25, -0.2) is 9.97 Å². The number of hydrogen-bond acceptors (Lipinski definition) is 9. The molecule has 0 aliphatic carbocycles. The number of carbonyl (C=O) groups is 2. The minimum Gasteiger partial charge on any atom is -0.391 e. The number of nitrogens with one attached hydrogen (secondary N) is 2. The van der Waals surface area contributed by atoms with Crippen LogP contribution in [0.25, 0.3) is 10.7 Å². The van der Waals surface area contributed by atoms with Gasteiger partial charge in [-0.3, -0.25) is 9.59 Å². The molecule has 164 valence electrons. The van der Waals surface area contributed by atoms with Gasteiger partial charge in [0.2, 0.25) is 5.91 Å². The molecule has 0 spiro atoms. The van der Waals surface area contributed by atoms with Crippen LogP contribution in [-0.2, 0) is 16.1 Å². The summed E-state index contributed by atoms with van der Waals surface area (Å²) < 4.78 is 0. The first-order chi connectivity index (χ1) is 14.5. The highest BCUT2D eigenvalue weighted by Crippen LogP contribution is 2.25. The minimum absolute atomic E-state index is 0.125. The molecular formula is C18H26N6O3S3. The van der Waals surface area contributed by atoms with Crippen molar-refractivity contribution in [3.63, 3.8) is 0 Å². The SMILES string of the molecule is CSCCCNC(=O)c1csc(-c2csc(CCNC(=O)CC(C)ON=CN)n2)n1. The summed E-state index contributed by atoms with van der Waals surface area (Å²) in [5, 5.41) is 14.4. The molecule has 0 saturated carbocycles. The molecule has 1 unspecified atom stereocenters. The summed E-state index contributed by atoms with van der Waals surface area (Å²) in [5.41, 5.74) is 6.25. The van der Waals surface area contributed by atoms with Crippen LogP contribution in [0.5, 0.6) is 0 Å². The van der Waals surface area contributed by atoms with Crippen LogP contribution in [-0.4, -0.2) is 59.3 Å². The maximum absolute atomic E-state index is 12.1. The Balaban J connectivity index is 1.78. The summed E-state index contributed by atoms with van der Waals surface area (Å²) in [7, 11) is 0. The Morgan fingerprint density at radius 1 is 1.30 bits per heavy atom. The van der Waals surface area contributed by atoms with E-state index in [9.17, 15) is 9.59 Å². The summed E-state index contributed by atoms with van der Waals surface area (Å²) >= 11 is 4.65. The van der Waals surface area contributed by atoms with E-state index in [-0.39, 0.29) is 24.3 Å². The van der Waals surface area contributed by atoms with Crippen molar-refractivity contribution in [3.05, 3.63) is 21.5 Å². The van der Waals surface area contributed by atoms with Crippen molar-refractivity contribution in [1.29, 1.82) is 0 Å². The van der Waals surface area contributed by atoms with Gasteiger partial charge in [0, 0.05) is 30.3 Å². The fourth-order valence-corrected chi connectivity index (χ4v) is 4.40. The largest absolute Gasteiger partial charge is 0.391 e.